The van der Waals surface area contributed by atoms with Crippen molar-refractivity contribution >= 4 is 63.0 Å². The van der Waals surface area contributed by atoms with E-state index in [9.17, 15) is 14.4 Å². The number of nitrogens with zero attached hydrogens (tertiary/aromatic N) is 2. The number of carbonyl (C=O) groups excluding carboxylic acids is 3. The Morgan fingerprint density at radius 2 is 1.84 bits per heavy atom. The van der Waals surface area contributed by atoms with Crippen molar-refractivity contribution in [2.45, 2.75) is 44.8 Å². The number of benzene rings is 2. The molecule has 2 aliphatic heterocycles. The highest BCUT2D eigenvalue weighted by Crippen LogP contribution is 2.51. The first-order chi connectivity index (χ1) is 18.3. The topological polar surface area (TPSA) is 76.2 Å². The van der Waals surface area contributed by atoms with Gasteiger partial charge in [0.2, 0.25) is 5.91 Å². The van der Waals surface area contributed by atoms with Gasteiger partial charge in [-0.2, -0.15) is 0 Å². The molecule has 2 fully saturated rings. The van der Waals surface area contributed by atoms with Gasteiger partial charge in [0, 0.05) is 14.9 Å². The summed E-state index contributed by atoms with van der Waals surface area (Å²) in [4.78, 5) is 49.4. The van der Waals surface area contributed by atoms with Crippen LogP contribution in [0.2, 0.25) is 10.0 Å². The lowest BCUT2D eigenvalue weighted by Crippen LogP contribution is -2.38. The van der Waals surface area contributed by atoms with E-state index in [0.29, 0.717) is 32.6 Å². The zero-order valence-corrected chi connectivity index (χ0v) is 23.0. The molecule has 0 N–H and O–H groups in total. The van der Waals surface area contributed by atoms with Crippen molar-refractivity contribution in [1.82, 2.24) is 0 Å². The number of carbonyl (C=O) groups is 3. The quantitative estimate of drug-likeness (QED) is 0.279. The van der Waals surface area contributed by atoms with Crippen molar-refractivity contribution in [2.24, 2.45) is 5.92 Å². The highest BCUT2D eigenvalue weighted by atomic mass is 35.5. The minimum absolute atomic E-state index is 0.311. The Labute approximate surface area is 233 Å². The van der Waals surface area contributed by atoms with Gasteiger partial charge in [0.1, 0.15) is 10.9 Å². The van der Waals surface area contributed by atoms with Crippen LogP contribution in [0.15, 0.2) is 42.5 Å². The van der Waals surface area contributed by atoms with Gasteiger partial charge in [-0.05, 0) is 67.5 Å². The summed E-state index contributed by atoms with van der Waals surface area (Å²) in [7, 11) is 1.31. The number of hydrogen-bond acceptors (Lipinski definition) is 7. The molecule has 0 radical (unpaired) electrons. The minimum atomic E-state index is -1.08. The Morgan fingerprint density at radius 1 is 1.08 bits per heavy atom. The molecule has 0 saturated carbocycles. The smallest absolute Gasteiger partial charge is 0.341 e. The molecule has 38 heavy (non-hydrogen) atoms. The number of ether oxygens (including phenoxy) is 1. The van der Waals surface area contributed by atoms with Crippen LogP contribution in [0.1, 0.15) is 50.8 Å². The zero-order chi connectivity index (χ0) is 26.7. The van der Waals surface area contributed by atoms with Gasteiger partial charge in [0.15, 0.2) is 6.10 Å². The Morgan fingerprint density at radius 3 is 2.58 bits per heavy atom. The second-order valence-electron chi connectivity index (χ2n) is 9.67. The van der Waals surface area contributed by atoms with Crippen molar-refractivity contribution in [3.63, 3.8) is 0 Å². The van der Waals surface area contributed by atoms with E-state index < -0.39 is 35.8 Å². The average Bonchev–Trinajstić information content (AvgIpc) is 3.54. The van der Waals surface area contributed by atoms with E-state index in [1.165, 1.54) is 18.4 Å². The lowest BCUT2D eigenvalue weighted by atomic mass is 9.90. The maximum Gasteiger partial charge on any atom is 0.341 e. The van der Waals surface area contributed by atoms with Crippen LogP contribution in [0, 0.1) is 12.8 Å². The van der Waals surface area contributed by atoms with Gasteiger partial charge in [-0.1, -0.05) is 47.5 Å². The fraction of sp³-hybridized carbons (Fsp3) is 0.321. The summed E-state index contributed by atoms with van der Waals surface area (Å²) in [5.74, 6) is -2.37. The van der Waals surface area contributed by atoms with Gasteiger partial charge < -0.3 is 4.74 Å². The Bertz CT molecular complexity index is 1490. The van der Waals surface area contributed by atoms with E-state index in [-0.39, 0.29) is 0 Å². The molecular weight excluding hydrogens is 547 g/mol. The van der Waals surface area contributed by atoms with Crippen LogP contribution in [-0.4, -0.2) is 31.0 Å². The van der Waals surface area contributed by atoms with Crippen LogP contribution in [0.4, 0.5) is 10.7 Å². The zero-order valence-electron chi connectivity index (χ0n) is 20.7. The molecule has 6 rings (SSSR count). The molecule has 0 spiro atoms. The number of rotatable bonds is 4. The van der Waals surface area contributed by atoms with E-state index in [1.807, 2.05) is 31.2 Å². The number of halogens is 2. The SMILES string of the molecule is COC(=O)c1c(N2C(=O)[C@H]3[C@@H](ON(c4ccccc4C)[C@H]3c3ccc(Cl)cc3Cl)C2=O)sc2c1CCCC2. The lowest BCUT2D eigenvalue weighted by molar-refractivity contribution is -0.126. The fourth-order valence-corrected chi connectivity index (χ4v) is 7.62. The maximum absolute atomic E-state index is 14.2. The Balaban J connectivity index is 1.48. The minimum Gasteiger partial charge on any atom is -0.465 e. The van der Waals surface area contributed by atoms with Crippen molar-refractivity contribution in [3.8, 4) is 0 Å². The van der Waals surface area contributed by atoms with E-state index in [4.69, 9.17) is 32.8 Å². The lowest BCUT2D eigenvalue weighted by Gasteiger charge is -2.30. The monoisotopic (exact) mass is 570 g/mol. The van der Waals surface area contributed by atoms with Crippen molar-refractivity contribution in [2.75, 3.05) is 17.1 Å². The largest absolute Gasteiger partial charge is 0.465 e. The molecule has 3 aliphatic rings. The molecule has 2 saturated heterocycles. The summed E-state index contributed by atoms with van der Waals surface area (Å²) >= 11 is 14.1. The third-order valence-corrected chi connectivity index (χ3v) is 9.33. The summed E-state index contributed by atoms with van der Waals surface area (Å²) in [5.41, 5.74) is 3.45. The molecule has 0 bridgehead atoms. The van der Waals surface area contributed by atoms with E-state index in [2.05, 4.69) is 0 Å². The van der Waals surface area contributed by atoms with Gasteiger partial charge in [0.25, 0.3) is 5.91 Å². The highest BCUT2D eigenvalue weighted by molar-refractivity contribution is 7.17. The number of esters is 1. The molecule has 1 aliphatic carbocycles. The first-order valence-corrected chi connectivity index (χ1v) is 14.0. The van der Waals surface area contributed by atoms with Gasteiger partial charge in [-0.25, -0.2) is 14.8 Å². The number of imide groups is 1. The third-order valence-electron chi connectivity index (χ3n) is 7.49. The van der Waals surface area contributed by atoms with Crippen molar-refractivity contribution in [1.29, 1.82) is 0 Å². The van der Waals surface area contributed by atoms with Crippen molar-refractivity contribution < 1.29 is 24.0 Å². The molecule has 2 aromatic carbocycles. The number of hydroxylamine groups is 1. The second-order valence-corrected chi connectivity index (χ2v) is 11.6. The number of aryl methyl sites for hydroxylation is 2. The summed E-state index contributed by atoms with van der Waals surface area (Å²) < 4.78 is 5.08. The normalized spacial score (nSPS) is 22.6. The molecule has 1 aromatic heterocycles. The summed E-state index contributed by atoms with van der Waals surface area (Å²) in [6.45, 7) is 1.93. The second kappa shape index (κ2) is 9.68. The predicted molar refractivity (Wildman–Crippen MR) is 146 cm³/mol. The molecule has 3 heterocycles. The van der Waals surface area contributed by atoms with Gasteiger partial charge in [-0.15, -0.1) is 11.3 Å². The van der Waals surface area contributed by atoms with Crippen molar-refractivity contribution in [3.05, 3.63) is 79.6 Å². The number of thiophene rings is 1. The Kier molecular flexibility index (Phi) is 6.46. The number of anilines is 2. The fourth-order valence-electron chi connectivity index (χ4n) is 5.71. The molecule has 7 nitrogen and oxygen atoms in total. The van der Waals surface area contributed by atoms with E-state index in [1.54, 1.807) is 23.3 Å². The van der Waals surface area contributed by atoms with Gasteiger partial charge in [-0.3, -0.25) is 14.4 Å². The van der Waals surface area contributed by atoms with Gasteiger partial charge >= 0.3 is 5.97 Å². The molecule has 2 amide bonds. The standard InChI is InChI=1S/C28H24Cl2N2O5S/c1-14-7-3-5-9-19(14)32-23(16-12-11-15(29)13-18(16)30)22-24(37-32)26(34)31(25(22)33)27-21(28(35)36-2)17-8-4-6-10-20(17)38-27/h3,5,7,9,11-13,22-24H,4,6,8,10H2,1-2H3/t22-,23+,24-/m1/s1. The third kappa shape index (κ3) is 3.85. The summed E-state index contributed by atoms with van der Waals surface area (Å²) in [5, 5.41) is 2.76. The van der Waals surface area contributed by atoms with Crippen LogP contribution in [0.5, 0.6) is 0 Å². The number of hydrogen-bond donors (Lipinski definition) is 0. The number of fused-ring (bicyclic) bond motifs is 2. The molecule has 10 heteroatoms. The maximum atomic E-state index is 14.2. The molecule has 196 valence electrons. The summed E-state index contributed by atoms with van der Waals surface area (Å²) in [6.07, 6.45) is 2.36. The first-order valence-electron chi connectivity index (χ1n) is 12.4. The van der Waals surface area contributed by atoms with Crippen LogP contribution in [0.25, 0.3) is 0 Å². The predicted octanol–water partition coefficient (Wildman–Crippen LogP) is 6.08. The molecule has 3 aromatic rings. The number of para-hydroxylation sites is 1. The first kappa shape index (κ1) is 25.4. The highest BCUT2D eigenvalue weighted by Gasteiger charge is 2.61. The van der Waals surface area contributed by atoms with E-state index >= 15 is 0 Å². The van der Waals surface area contributed by atoms with Gasteiger partial charge in [0.05, 0.1) is 24.4 Å². The number of amides is 2. The van der Waals surface area contributed by atoms with E-state index in [0.717, 1.165) is 45.9 Å². The Hall–Kier alpha value is -2.91. The summed E-state index contributed by atoms with van der Waals surface area (Å²) in [6, 6.07) is 12.0. The molecule has 0 unspecified atom stereocenters. The average molecular weight is 571 g/mol. The molecular formula is C28H24Cl2N2O5S. The van der Waals surface area contributed by atoms with Crippen LogP contribution in [0.3, 0.4) is 0 Å². The number of methoxy groups -OCH3 is 1. The van der Waals surface area contributed by atoms with Crippen LogP contribution >= 0.6 is 34.5 Å². The molecule has 3 atom stereocenters. The van der Waals surface area contributed by atoms with Crippen LogP contribution in [-0.2, 0) is 32.0 Å². The van der Waals surface area contributed by atoms with Crippen LogP contribution < -0.4 is 9.96 Å².